The Balaban J connectivity index is 1.95. The van der Waals surface area contributed by atoms with Crippen molar-refractivity contribution < 1.29 is 14.6 Å². The number of aromatic hydroxyl groups is 1. The Morgan fingerprint density at radius 1 is 1.26 bits per heavy atom. The molecule has 27 heavy (non-hydrogen) atoms. The Labute approximate surface area is 161 Å². The monoisotopic (exact) mass is 384 g/mol. The smallest absolute Gasteiger partial charge is 0.216 e. The number of rotatable bonds is 6. The third kappa shape index (κ3) is 4.35. The van der Waals surface area contributed by atoms with Crippen LogP contribution in [-0.4, -0.2) is 39.4 Å². The molecular weight excluding hydrogens is 364 g/mol. The van der Waals surface area contributed by atoms with E-state index in [0.29, 0.717) is 16.3 Å². The number of hydrogen-bond acceptors (Lipinski definition) is 6. The van der Waals surface area contributed by atoms with Crippen molar-refractivity contribution in [2.45, 2.75) is 20.0 Å². The van der Waals surface area contributed by atoms with E-state index in [-0.39, 0.29) is 11.9 Å². The molecule has 0 aliphatic heterocycles. The number of nitrogens with one attached hydrogen (secondary N) is 1. The van der Waals surface area contributed by atoms with Crippen LogP contribution in [0.4, 0.5) is 0 Å². The van der Waals surface area contributed by atoms with Gasteiger partial charge in [0.2, 0.25) is 4.77 Å². The molecule has 7 nitrogen and oxygen atoms in total. The number of benzene rings is 2. The lowest BCUT2D eigenvalue weighted by atomic mass is 10.2. The van der Waals surface area contributed by atoms with Crippen molar-refractivity contribution in [2.75, 3.05) is 7.11 Å². The maximum atomic E-state index is 9.69. The van der Waals surface area contributed by atoms with E-state index in [0.717, 1.165) is 16.9 Å². The molecule has 0 unspecified atom stereocenters. The van der Waals surface area contributed by atoms with Gasteiger partial charge in [-0.2, -0.15) is 14.9 Å². The molecule has 0 bridgehead atoms. The van der Waals surface area contributed by atoms with Crippen molar-refractivity contribution in [2.24, 2.45) is 5.10 Å². The summed E-state index contributed by atoms with van der Waals surface area (Å²) in [6.45, 7) is 3.94. The molecule has 0 aliphatic carbocycles. The van der Waals surface area contributed by atoms with Gasteiger partial charge in [-0.1, -0.05) is 12.1 Å². The van der Waals surface area contributed by atoms with E-state index in [2.05, 4.69) is 15.3 Å². The number of aromatic nitrogens is 3. The van der Waals surface area contributed by atoms with Crippen LogP contribution in [0.5, 0.6) is 17.2 Å². The third-order valence-corrected chi connectivity index (χ3v) is 3.90. The fourth-order valence-corrected chi connectivity index (χ4v) is 2.64. The average molecular weight is 384 g/mol. The maximum absolute atomic E-state index is 9.69. The molecule has 140 valence electrons. The highest BCUT2D eigenvalue weighted by atomic mass is 32.1. The highest BCUT2D eigenvalue weighted by molar-refractivity contribution is 7.71. The highest BCUT2D eigenvalue weighted by Crippen LogP contribution is 2.26. The number of ether oxygens (including phenoxy) is 2. The summed E-state index contributed by atoms with van der Waals surface area (Å²) in [6.07, 6.45) is 1.69. The number of phenols is 1. The molecule has 0 radical (unpaired) electrons. The molecular formula is C19H20N4O3S. The highest BCUT2D eigenvalue weighted by Gasteiger charge is 2.10. The summed E-state index contributed by atoms with van der Waals surface area (Å²) < 4.78 is 12.7. The summed E-state index contributed by atoms with van der Waals surface area (Å²) in [5, 5.41) is 21.2. The Kier molecular flexibility index (Phi) is 5.56. The van der Waals surface area contributed by atoms with Gasteiger partial charge in [-0.25, -0.2) is 5.10 Å². The van der Waals surface area contributed by atoms with Gasteiger partial charge in [-0.05, 0) is 62.0 Å². The molecule has 0 amide bonds. The van der Waals surface area contributed by atoms with Crippen molar-refractivity contribution in [1.29, 1.82) is 0 Å². The minimum absolute atomic E-state index is 0.0669. The lowest BCUT2D eigenvalue weighted by molar-refractivity contribution is 0.242. The summed E-state index contributed by atoms with van der Waals surface area (Å²) in [7, 11) is 1.49. The minimum atomic E-state index is 0.0669. The molecule has 3 aromatic rings. The van der Waals surface area contributed by atoms with Gasteiger partial charge < -0.3 is 14.6 Å². The van der Waals surface area contributed by atoms with Gasteiger partial charge >= 0.3 is 0 Å². The first kappa shape index (κ1) is 18.7. The van der Waals surface area contributed by atoms with Gasteiger partial charge in [-0.15, -0.1) is 0 Å². The van der Waals surface area contributed by atoms with Gasteiger partial charge in [-0.3, -0.25) is 0 Å². The van der Waals surface area contributed by atoms with Crippen molar-refractivity contribution in [3.63, 3.8) is 0 Å². The summed E-state index contributed by atoms with van der Waals surface area (Å²) >= 11 is 5.30. The lowest BCUT2D eigenvalue weighted by Gasteiger charge is -2.10. The molecule has 0 aliphatic rings. The van der Waals surface area contributed by atoms with Crippen LogP contribution in [0.15, 0.2) is 47.6 Å². The van der Waals surface area contributed by atoms with E-state index in [1.807, 2.05) is 38.1 Å². The number of H-pyrrole nitrogens is 1. The van der Waals surface area contributed by atoms with Crippen LogP contribution in [0.2, 0.25) is 0 Å². The lowest BCUT2D eigenvalue weighted by Crippen LogP contribution is -2.05. The number of phenolic OH excluding ortho intramolecular Hbond substituents is 1. The Morgan fingerprint density at radius 2 is 2.07 bits per heavy atom. The normalized spacial score (nSPS) is 11.3. The Morgan fingerprint density at radius 3 is 2.81 bits per heavy atom. The zero-order valence-corrected chi connectivity index (χ0v) is 16.0. The molecule has 0 saturated heterocycles. The zero-order chi connectivity index (χ0) is 19.4. The van der Waals surface area contributed by atoms with Crippen LogP contribution in [-0.2, 0) is 0 Å². The molecule has 1 heterocycles. The fraction of sp³-hybridized carbons (Fsp3) is 0.211. The molecule has 2 aromatic carbocycles. The maximum Gasteiger partial charge on any atom is 0.216 e. The second-order valence-electron chi connectivity index (χ2n) is 6.03. The molecule has 0 spiro atoms. The van der Waals surface area contributed by atoms with E-state index >= 15 is 0 Å². The second-order valence-corrected chi connectivity index (χ2v) is 6.42. The van der Waals surface area contributed by atoms with Crippen molar-refractivity contribution >= 4 is 18.4 Å². The Hall–Kier alpha value is -3.13. The van der Waals surface area contributed by atoms with Crippen LogP contribution in [0.1, 0.15) is 19.4 Å². The van der Waals surface area contributed by atoms with Crippen LogP contribution in [0, 0.1) is 4.77 Å². The number of hydrogen-bond donors (Lipinski definition) is 2. The fourth-order valence-electron chi connectivity index (χ4n) is 2.47. The third-order valence-electron chi connectivity index (χ3n) is 3.64. The van der Waals surface area contributed by atoms with Crippen molar-refractivity contribution in [3.8, 4) is 28.6 Å². The Bertz CT molecular complexity index is 1020. The summed E-state index contributed by atoms with van der Waals surface area (Å²) in [4.78, 5) is 0. The first-order chi connectivity index (χ1) is 13.0. The molecule has 0 saturated carbocycles. The predicted molar refractivity (Wildman–Crippen MR) is 106 cm³/mol. The van der Waals surface area contributed by atoms with Crippen LogP contribution < -0.4 is 9.47 Å². The molecule has 0 fully saturated rings. The predicted octanol–water partition coefficient (Wildman–Crippen LogP) is 3.99. The van der Waals surface area contributed by atoms with Crippen LogP contribution >= 0.6 is 12.2 Å². The summed E-state index contributed by atoms with van der Waals surface area (Å²) in [5.74, 6) is 1.75. The number of nitrogens with zero attached hydrogens (tertiary/aromatic N) is 3. The molecule has 8 heteroatoms. The second kappa shape index (κ2) is 8.05. The summed E-state index contributed by atoms with van der Waals surface area (Å²) in [5.41, 5.74) is 1.57. The molecule has 3 rings (SSSR count). The summed E-state index contributed by atoms with van der Waals surface area (Å²) in [6, 6.07) is 12.5. The molecule has 1 aromatic heterocycles. The van der Waals surface area contributed by atoms with E-state index in [1.54, 1.807) is 24.4 Å². The van der Waals surface area contributed by atoms with Gasteiger partial charge in [0.05, 0.1) is 19.4 Å². The molecule has 0 atom stereocenters. The van der Waals surface area contributed by atoms with Crippen LogP contribution in [0.3, 0.4) is 0 Å². The number of aromatic amines is 1. The van der Waals surface area contributed by atoms with Gasteiger partial charge in [0.1, 0.15) is 5.75 Å². The first-order valence-electron chi connectivity index (χ1n) is 8.34. The van der Waals surface area contributed by atoms with E-state index in [1.165, 1.54) is 11.8 Å². The van der Waals surface area contributed by atoms with E-state index in [4.69, 9.17) is 21.7 Å². The minimum Gasteiger partial charge on any atom is -0.504 e. The topological polar surface area (TPSA) is 84.7 Å². The van der Waals surface area contributed by atoms with Gasteiger partial charge in [0, 0.05) is 5.56 Å². The largest absolute Gasteiger partial charge is 0.504 e. The van der Waals surface area contributed by atoms with E-state index < -0.39 is 0 Å². The van der Waals surface area contributed by atoms with Gasteiger partial charge in [0.25, 0.3) is 0 Å². The first-order valence-corrected chi connectivity index (χ1v) is 8.74. The SMILES string of the molecule is COc1cc(C=Nn2c(-c3cccc(OC(C)C)c3)n[nH]c2=S)ccc1O. The van der Waals surface area contributed by atoms with Gasteiger partial charge in [0.15, 0.2) is 17.3 Å². The van der Waals surface area contributed by atoms with E-state index in [9.17, 15) is 5.11 Å². The zero-order valence-electron chi connectivity index (χ0n) is 15.2. The van der Waals surface area contributed by atoms with Crippen LogP contribution in [0.25, 0.3) is 11.4 Å². The van der Waals surface area contributed by atoms with Crippen molar-refractivity contribution in [3.05, 3.63) is 52.8 Å². The number of methoxy groups -OCH3 is 1. The molecule has 2 N–H and O–H groups in total. The standard InChI is InChI=1S/C19H20N4O3S/c1-12(2)26-15-6-4-5-14(10-15)18-21-22-19(27)23(18)20-11-13-7-8-16(24)17(9-13)25-3/h4-12,24H,1-3H3,(H,22,27). The average Bonchev–Trinajstić information content (AvgIpc) is 3.01. The van der Waals surface area contributed by atoms with Crippen molar-refractivity contribution in [1.82, 2.24) is 14.9 Å². The quantitative estimate of drug-likeness (QED) is 0.496.